The highest BCUT2D eigenvalue weighted by Gasteiger charge is 2.10. The monoisotopic (exact) mass is 210 g/mol. The van der Waals surface area contributed by atoms with Crippen LogP contribution in [0, 0.1) is 18.6 Å². The van der Waals surface area contributed by atoms with E-state index < -0.39 is 11.6 Å². The summed E-state index contributed by atoms with van der Waals surface area (Å²) in [4.78, 5) is 4.54. The minimum atomic E-state index is -0.584. The molecule has 0 aliphatic carbocycles. The average Bonchev–Trinajstić information content (AvgIpc) is 2.52. The van der Waals surface area contributed by atoms with Gasteiger partial charge in [0.05, 0.1) is 16.1 Å². The summed E-state index contributed by atoms with van der Waals surface area (Å²) < 4.78 is 25.9. The highest BCUT2D eigenvalue weighted by Crippen LogP contribution is 2.29. The van der Waals surface area contributed by atoms with E-state index in [2.05, 4.69) is 11.9 Å². The summed E-state index contributed by atoms with van der Waals surface area (Å²) in [5.74, 6) is -1.17. The minimum Gasteiger partial charge on any atom is -0.249 e. The van der Waals surface area contributed by atoms with Crippen molar-refractivity contribution >= 4 is 11.3 Å². The second-order valence-electron chi connectivity index (χ2n) is 2.75. The van der Waals surface area contributed by atoms with Crippen LogP contribution in [0.3, 0.4) is 0 Å². The molecule has 0 unspecified atom stereocenters. The fraction of sp³-hybridized carbons (Fsp3) is 0. The molecule has 4 heteroatoms. The third kappa shape index (κ3) is 1.53. The first kappa shape index (κ1) is 9.27. The molecule has 0 aliphatic rings. The van der Waals surface area contributed by atoms with Crippen molar-refractivity contribution in [2.45, 2.75) is 0 Å². The lowest BCUT2D eigenvalue weighted by molar-refractivity contribution is 0.586. The fourth-order valence-corrected chi connectivity index (χ4v) is 1.93. The van der Waals surface area contributed by atoms with E-state index in [-0.39, 0.29) is 0 Å². The number of rotatable bonds is 1. The van der Waals surface area contributed by atoms with Crippen molar-refractivity contribution < 1.29 is 8.78 Å². The Kier molecular flexibility index (Phi) is 2.29. The standard InChI is InChI=1S/C10H6F2NS/c1-6-10(14-5-13-6)8-3-2-7(11)4-9(8)12/h2-5H,1H2. The third-order valence-corrected chi connectivity index (χ3v) is 2.72. The van der Waals surface area contributed by atoms with Crippen molar-refractivity contribution in [3.8, 4) is 10.4 Å². The molecular weight excluding hydrogens is 204 g/mol. The zero-order chi connectivity index (χ0) is 10.1. The van der Waals surface area contributed by atoms with Crippen LogP contribution in [0.5, 0.6) is 0 Å². The van der Waals surface area contributed by atoms with E-state index in [1.807, 2.05) is 0 Å². The highest BCUT2D eigenvalue weighted by molar-refractivity contribution is 7.13. The molecule has 2 aromatic rings. The van der Waals surface area contributed by atoms with E-state index in [0.29, 0.717) is 16.1 Å². The first-order valence-electron chi connectivity index (χ1n) is 3.89. The van der Waals surface area contributed by atoms with Gasteiger partial charge in [-0.1, -0.05) is 0 Å². The van der Waals surface area contributed by atoms with Crippen molar-refractivity contribution in [1.29, 1.82) is 0 Å². The predicted octanol–water partition coefficient (Wildman–Crippen LogP) is 3.27. The summed E-state index contributed by atoms with van der Waals surface area (Å²) in [5.41, 5.74) is 2.44. The van der Waals surface area contributed by atoms with Gasteiger partial charge in [-0.2, -0.15) is 0 Å². The van der Waals surface area contributed by atoms with Gasteiger partial charge >= 0.3 is 0 Å². The fourth-order valence-electron chi connectivity index (χ4n) is 1.16. The zero-order valence-corrected chi connectivity index (χ0v) is 7.94. The lowest BCUT2D eigenvalue weighted by Gasteiger charge is -2.00. The van der Waals surface area contributed by atoms with Crippen LogP contribution in [0.15, 0.2) is 23.7 Å². The summed E-state index contributed by atoms with van der Waals surface area (Å²) in [7, 11) is 0. The SMILES string of the molecule is [CH2]c1ncsc1-c1ccc(F)cc1F. The molecule has 0 amide bonds. The van der Waals surface area contributed by atoms with Gasteiger partial charge in [0.1, 0.15) is 11.6 Å². The van der Waals surface area contributed by atoms with Crippen LogP contribution in [-0.4, -0.2) is 4.98 Å². The Hall–Kier alpha value is -1.29. The first-order valence-corrected chi connectivity index (χ1v) is 4.77. The van der Waals surface area contributed by atoms with Crippen molar-refractivity contribution in [2.24, 2.45) is 0 Å². The first-order chi connectivity index (χ1) is 6.68. The number of aromatic nitrogens is 1. The topological polar surface area (TPSA) is 12.9 Å². The minimum absolute atomic E-state index is 0.346. The maximum absolute atomic E-state index is 13.3. The van der Waals surface area contributed by atoms with E-state index >= 15 is 0 Å². The smallest absolute Gasteiger partial charge is 0.134 e. The van der Waals surface area contributed by atoms with E-state index in [9.17, 15) is 8.78 Å². The zero-order valence-electron chi connectivity index (χ0n) is 7.13. The van der Waals surface area contributed by atoms with Gasteiger partial charge in [-0.3, -0.25) is 0 Å². The van der Waals surface area contributed by atoms with Crippen molar-refractivity contribution in [3.05, 3.63) is 48.0 Å². The van der Waals surface area contributed by atoms with Crippen LogP contribution < -0.4 is 0 Å². The molecule has 71 valence electrons. The molecule has 14 heavy (non-hydrogen) atoms. The number of benzene rings is 1. The lowest BCUT2D eigenvalue weighted by atomic mass is 10.1. The molecule has 0 atom stereocenters. The van der Waals surface area contributed by atoms with Gasteiger partial charge in [-0.05, 0) is 19.1 Å². The van der Waals surface area contributed by atoms with Crippen LogP contribution in [0.1, 0.15) is 5.69 Å². The Balaban J connectivity index is 2.58. The largest absolute Gasteiger partial charge is 0.249 e. The van der Waals surface area contributed by atoms with Gasteiger partial charge in [0, 0.05) is 11.6 Å². The Morgan fingerprint density at radius 1 is 1.29 bits per heavy atom. The van der Waals surface area contributed by atoms with Gasteiger partial charge in [0.2, 0.25) is 0 Å². The van der Waals surface area contributed by atoms with Crippen LogP contribution in [-0.2, 0) is 0 Å². The lowest BCUT2D eigenvalue weighted by Crippen LogP contribution is -1.85. The van der Waals surface area contributed by atoms with Gasteiger partial charge in [0.15, 0.2) is 0 Å². The van der Waals surface area contributed by atoms with Gasteiger partial charge in [0.25, 0.3) is 0 Å². The quantitative estimate of drug-likeness (QED) is 0.704. The van der Waals surface area contributed by atoms with Crippen molar-refractivity contribution in [2.75, 3.05) is 0 Å². The van der Waals surface area contributed by atoms with E-state index in [1.165, 1.54) is 23.5 Å². The molecule has 0 bridgehead atoms. The molecule has 0 fully saturated rings. The number of halogens is 2. The predicted molar refractivity (Wildman–Crippen MR) is 51.9 cm³/mol. The summed E-state index contributed by atoms with van der Waals surface area (Å²) >= 11 is 1.29. The maximum atomic E-state index is 13.3. The molecule has 1 nitrogen and oxygen atoms in total. The van der Waals surface area contributed by atoms with E-state index in [1.54, 1.807) is 5.51 Å². The highest BCUT2D eigenvalue weighted by atomic mass is 32.1. The summed E-state index contributed by atoms with van der Waals surface area (Å²) in [6.07, 6.45) is 0. The second kappa shape index (κ2) is 3.46. The molecule has 0 spiro atoms. The number of thiazole rings is 1. The molecule has 2 rings (SSSR count). The van der Waals surface area contributed by atoms with Crippen molar-refractivity contribution in [1.82, 2.24) is 4.98 Å². The van der Waals surface area contributed by atoms with Crippen LogP contribution in [0.4, 0.5) is 8.78 Å². The van der Waals surface area contributed by atoms with Gasteiger partial charge in [-0.15, -0.1) is 11.3 Å². The molecule has 0 aliphatic heterocycles. The summed E-state index contributed by atoms with van der Waals surface area (Å²) in [6, 6.07) is 3.47. The normalized spacial score (nSPS) is 10.5. The van der Waals surface area contributed by atoms with E-state index in [0.717, 1.165) is 6.07 Å². The summed E-state index contributed by atoms with van der Waals surface area (Å²) in [5, 5.41) is 0. The Morgan fingerprint density at radius 2 is 2.07 bits per heavy atom. The number of nitrogens with zero attached hydrogens (tertiary/aromatic N) is 1. The van der Waals surface area contributed by atoms with Crippen LogP contribution >= 0.6 is 11.3 Å². The van der Waals surface area contributed by atoms with Crippen molar-refractivity contribution in [3.63, 3.8) is 0 Å². The molecule has 0 saturated carbocycles. The maximum Gasteiger partial charge on any atom is 0.134 e. The van der Waals surface area contributed by atoms with Gasteiger partial charge < -0.3 is 0 Å². The Bertz CT molecular complexity index is 465. The molecular formula is C10H6F2NS. The summed E-state index contributed by atoms with van der Waals surface area (Å²) in [6.45, 7) is 3.66. The molecule has 1 aromatic heterocycles. The Morgan fingerprint density at radius 3 is 2.64 bits per heavy atom. The molecule has 0 saturated heterocycles. The molecule has 1 radical (unpaired) electrons. The van der Waals surface area contributed by atoms with E-state index in [4.69, 9.17) is 0 Å². The molecule has 1 aromatic carbocycles. The third-order valence-electron chi connectivity index (χ3n) is 1.82. The van der Waals surface area contributed by atoms with Crippen LogP contribution in [0.2, 0.25) is 0 Å². The number of hydrogen-bond donors (Lipinski definition) is 0. The average molecular weight is 210 g/mol. The number of hydrogen-bond acceptors (Lipinski definition) is 2. The molecule has 1 heterocycles. The second-order valence-corrected chi connectivity index (χ2v) is 3.61. The van der Waals surface area contributed by atoms with Gasteiger partial charge in [-0.25, -0.2) is 13.8 Å². The molecule has 0 N–H and O–H groups in total. The van der Waals surface area contributed by atoms with Crippen LogP contribution in [0.25, 0.3) is 10.4 Å². The Labute approximate surface area is 84.0 Å².